The van der Waals surface area contributed by atoms with Gasteiger partial charge in [-0.05, 0) is 24.5 Å². The summed E-state index contributed by atoms with van der Waals surface area (Å²) >= 11 is 0. The van der Waals surface area contributed by atoms with Gasteiger partial charge in [-0.2, -0.15) is 0 Å². The molecule has 1 fully saturated rings. The molecule has 3 rings (SSSR count). The van der Waals surface area contributed by atoms with Crippen LogP contribution in [0, 0.1) is 0 Å². The number of nitrogens with zero attached hydrogens (tertiary/aromatic N) is 1. The Balaban J connectivity index is 1.73. The number of rotatable bonds is 3. The SMILES string of the molecule is CN1C(=O)CC(C(=O)NCC2CCCO2)c2ccccc21. The molecule has 0 saturated carbocycles. The van der Waals surface area contributed by atoms with Gasteiger partial charge < -0.3 is 15.0 Å². The summed E-state index contributed by atoms with van der Waals surface area (Å²) in [5, 5.41) is 2.94. The van der Waals surface area contributed by atoms with E-state index in [-0.39, 0.29) is 24.3 Å². The fourth-order valence-electron chi connectivity index (χ4n) is 3.02. The molecule has 21 heavy (non-hydrogen) atoms. The van der Waals surface area contributed by atoms with E-state index in [4.69, 9.17) is 4.74 Å². The first-order chi connectivity index (χ1) is 10.2. The van der Waals surface area contributed by atoms with Gasteiger partial charge in [0, 0.05) is 32.3 Å². The predicted molar refractivity (Wildman–Crippen MR) is 79.2 cm³/mol. The highest BCUT2D eigenvalue weighted by Crippen LogP contribution is 2.35. The van der Waals surface area contributed by atoms with Crippen molar-refractivity contribution in [3.8, 4) is 0 Å². The number of carbonyl (C=O) groups is 2. The molecule has 0 aromatic heterocycles. The molecule has 0 radical (unpaired) electrons. The fourth-order valence-corrected chi connectivity index (χ4v) is 3.02. The number of amides is 2. The minimum atomic E-state index is -0.397. The lowest BCUT2D eigenvalue weighted by molar-refractivity contribution is -0.127. The number of benzene rings is 1. The molecule has 2 atom stereocenters. The summed E-state index contributed by atoms with van der Waals surface area (Å²) in [5.41, 5.74) is 1.75. The summed E-state index contributed by atoms with van der Waals surface area (Å²) < 4.78 is 5.51. The van der Waals surface area contributed by atoms with Crippen LogP contribution in [0.15, 0.2) is 24.3 Å². The minimum Gasteiger partial charge on any atom is -0.376 e. The van der Waals surface area contributed by atoms with E-state index in [1.807, 2.05) is 24.3 Å². The molecule has 2 heterocycles. The molecule has 1 saturated heterocycles. The van der Waals surface area contributed by atoms with Gasteiger partial charge in [-0.1, -0.05) is 18.2 Å². The molecule has 2 amide bonds. The standard InChI is InChI=1S/C16H20N2O3/c1-18-14-7-3-2-6-12(14)13(9-15(18)19)16(20)17-10-11-5-4-8-21-11/h2-3,6-7,11,13H,4-5,8-10H2,1H3,(H,17,20). The second-order valence-electron chi connectivity index (χ2n) is 5.65. The summed E-state index contributed by atoms with van der Waals surface area (Å²) in [7, 11) is 1.75. The van der Waals surface area contributed by atoms with E-state index in [1.165, 1.54) is 0 Å². The predicted octanol–water partition coefficient (Wildman–Crippen LogP) is 1.43. The average molecular weight is 288 g/mol. The summed E-state index contributed by atoms with van der Waals surface area (Å²) in [6.07, 6.45) is 2.38. The molecule has 1 aromatic rings. The minimum absolute atomic E-state index is 0.0223. The van der Waals surface area contributed by atoms with Crippen LogP contribution in [0.5, 0.6) is 0 Å². The van der Waals surface area contributed by atoms with E-state index in [0.717, 1.165) is 30.7 Å². The van der Waals surface area contributed by atoms with Crippen LogP contribution >= 0.6 is 0 Å². The fraction of sp³-hybridized carbons (Fsp3) is 0.500. The van der Waals surface area contributed by atoms with E-state index in [1.54, 1.807) is 11.9 Å². The second-order valence-corrected chi connectivity index (χ2v) is 5.65. The zero-order valence-electron chi connectivity index (χ0n) is 12.2. The van der Waals surface area contributed by atoms with Crippen LogP contribution in [-0.2, 0) is 14.3 Å². The Hall–Kier alpha value is -1.88. The largest absolute Gasteiger partial charge is 0.376 e. The molecule has 2 aliphatic rings. The number of fused-ring (bicyclic) bond motifs is 1. The Morgan fingerprint density at radius 1 is 1.43 bits per heavy atom. The maximum Gasteiger partial charge on any atom is 0.228 e. The van der Waals surface area contributed by atoms with Crippen LogP contribution in [0.4, 0.5) is 5.69 Å². The third-order valence-electron chi connectivity index (χ3n) is 4.27. The molecule has 5 heteroatoms. The van der Waals surface area contributed by atoms with Gasteiger partial charge in [-0.25, -0.2) is 0 Å². The van der Waals surface area contributed by atoms with E-state index in [9.17, 15) is 9.59 Å². The molecule has 112 valence electrons. The highest BCUT2D eigenvalue weighted by molar-refractivity contribution is 6.02. The van der Waals surface area contributed by atoms with Crippen molar-refractivity contribution in [2.24, 2.45) is 0 Å². The third-order valence-corrected chi connectivity index (χ3v) is 4.27. The van der Waals surface area contributed by atoms with Gasteiger partial charge in [-0.3, -0.25) is 9.59 Å². The lowest BCUT2D eigenvalue weighted by atomic mass is 9.89. The quantitative estimate of drug-likeness (QED) is 0.915. The first kappa shape index (κ1) is 14.1. The molecule has 2 aliphatic heterocycles. The van der Waals surface area contributed by atoms with Crippen molar-refractivity contribution in [1.29, 1.82) is 0 Å². The van der Waals surface area contributed by atoms with Crippen LogP contribution in [0.25, 0.3) is 0 Å². The van der Waals surface area contributed by atoms with E-state index in [0.29, 0.717) is 6.54 Å². The molecule has 2 unspecified atom stereocenters. The van der Waals surface area contributed by atoms with Crippen LogP contribution in [-0.4, -0.2) is 38.1 Å². The average Bonchev–Trinajstić information content (AvgIpc) is 3.02. The summed E-state index contributed by atoms with van der Waals surface area (Å²) in [6, 6.07) is 7.60. The Bertz CT molecular complexity index is 552. The first-order valence-electron chi connectivity index (χ1n) is 7.41. The number of hydrogen-bond donors (Lipinski definition) is 1. The molecule has 0 bridgehead atoms. The number of ether oxygens (including phenoxy) is 1. The molecular formula is C16H20N2O3. The topological polar surface area (TPSA) is 58.6 Å². The molecule has 1 N–H and O–H groups in total. The third kappa shape index (κ3) is 2.78. The Labute approximate surface area is 124 Å². The van der Waals surface area contributed by atoms with Gasteiger partial charge in [0.1, 0.15) is 0 Å². The zero-order chi connectivity index (χ0) is 14.8. The van der Waals surface area contributed by atoms with Crippen molar-refractivity contribution in [2.45, 2.75) is 31.3 Å². The van der Waals surface area contributed by atoms with Crippen molar-refractivity contribution in [3.63, 3.8) is 0 Å². The van der Waals surface area contributed by atoms with Crippen LogP contribution in [0.1, 0.15) is 30.7 Å². The smallest absolute Gasteiger partial charge is 0.228 e. The normalized spacial score (nSPS) is 24.8. The molecular weight excluding hydrogens is 268 g/mol. The number of nitrogens with one attached hydrogen (secondary N) is 1. The van der Waals surface area contributed by atoms with E-state index < -0.39 is 5.92 Å². The van der Waals surface area contributed by atoms with Crippen molar-refractivity contribution < 1.29 is 14.3 Å². The number of hydrogen-bond acceptors (Lipinski definition) is 3. The van der Waals surface area contributed by atoms with Gasteiger partial charge >= 0.3 is 0 Å². The Morgan fingerprint density at radius 2 is 2.24 bits per heavy atom. The van der Waals surface area contributed by atoms with Crippen LogP contribution in [0.3, 0.4) is 0 Å². The highest BCUT2D eigenvalue weighted by Gasteiger charge is 2.33. The summed E-state index contributed by atoms with van der Waals surface area (Å²) in [4.78, 5) is 26.1. The van der Waals surface area contributed by atoms with E-state index in [2.05, 4.69) is 5.32 Å². The van der Waals surface area contributed by atoms with Gasteiger partial charge in [-0.15, -0.1) is 0 Å². The van der Waals surface area contributed by atoms with E-state index >= 15 is 0 Å². The first-order valence-corrected chi connectivity index (χ1v) is 7.41. The van der Waals surface area contributed by atoms with Gasteiger partial charge in [0.15, 0.2) is 0 Å². The van der Waals surface area contributed by atoms with Crippen LogP contribution < -0.4 is 10.2 Å². The highest BCUT2D eigenvalue weighted by atomic mass is 16.5. The van der Waals surface area contributed by atoms with Crippen molar-refractivity contribution in [1.82, 2.24) is 5.32 Å². The maximum absolute atomic E-state index is 12.4. The molecule has 0 aliphatic carbocycles. The lowest BCUT2D eigenvalue weighted by Crippen LogP contribution is -2.41. The zero-order valence-corrected chi connectivity index (χ0v) is 12.2. The summed E-state index contributed by atoms with van der Waals surface area (Å²) in [5.74, 6) is -0.503. The number of anilines is 1. The van der Waals surface area contributed by atoms with Crippen molar-refractivity contribution in [3.05, 3.63) is 29.8 Å². The van der Waals surface area contributed by atoms with Gasteiger partial charge in [0.2, 0.25) is 11.8 Å². The Kier molecular flexibility index (Phi) is 3.92. The number of para-hydroxylation sites is 1. The maximum atomic E-state index is 12.4. The molecule has 0 spiro atoms. The summed E-state index contributed by atoms with van der Waals surface area (Å²) in [6.45, 7) is 1.30. The van der Waals surface area contributed by atoms with Gasteiger partial charge in [0.05, 0.1) is 12.0 Å². The van der Waals surface area contributed by atoms with Crippen molar-refractivity contribution >= 4 is 17.5 Å². The number of carbonyl (C=O) groups excluding carboxylic acids is 2. The second kappa shape index (κ2) is 5.85. The van der Waals surface area contributed by atoms with Gasteiger partial charge in [0.25, 0.3) is 0 Å². The lowest BCUT2D eigenvalue weighted by Gasteiger charge is -2.31. The Morgan fingerprint density at radius 3 is 3.00 bits per heavy atom. The molecule has 1 aromatic carbocycles. The van der Waals surface area contributed by atoms with Crippen molar-refractivity contribution in [2.75, 3.05) is 25.1 Å². The van der Waals surface area contributed by atoms with Crippen LogP contribution in [0.2, 0.25) is 0 Å². The monoisotopic (exact) mass is 288 g/mol. The molecule has 5 nitrogen and oxygen atoms in total.